The SMILES string of the molecule is CC(NC(=NCC(=O)NC(C)(C)C)NCC(=O)N(C)C)c1ccccc1. The van der Waals surface area contributed by atoms with E-state index in [0.29, 0.717) is 5.96 Å². The van der Waals surface area contributed by atoms with Crippen molar-refractivity contribution in [2.45, 2.75) is 39.3 Å². The molecule has 3 N–H and O–H groups in total. The van der Waals surface area contributed by atoms with Gasteiger partial charge in [-0.1, -0.05) is 30.3 Å². The number of rotatable bonds is 6. The fourth-order valence-electron chi connectivity index (χ4n) is 2.11. The average Bonchev–Trinajstić information content (AvgIpc) is 2.55. The van der Waals surface area contributed by atoms with E-state index in [-0.39, 0.29) is 36.5 Å². The number of aliphatic imine (C=N–C) groups is 1. The summed E-state index contributed by atoms with van der Waals surface area (Å²) < 4.78 is 0. The summed E-state index contributed by atoms with van der Waals surface area (Å²) in [5, 5.41) is 9.09. The molecule has 0 aromatic heterocycles. The van der Waals surface area contributed by atoms with E-state index in [1.165, 1.54) is 4.90 Å². The van der Waals surface area contributed by atoms with Gasteiger partial charge < -0.3 is 20.9 Å². The lowest BCUT2D eigenvalue weighted by molar-refractivity contribution is -0.127. The monoisotopic (exact) mass is 361 g/mol. The van der Waals surface area contributed by atoms with Gasteiger partial charge in [0.1, 0.15) is 6.54 Å². The minimum atomic E-state index is -0.314. The molecule has 1 unspecified atom stereocenters. The van der Waals surface area contributed by atoms with E-state index in [4.69, 9.17) is 0 Å². The molecular weight excluding hydrogens is 330 g/mol. The molecule has 0 saturated heterocycles. The topological polar surface area (TPSA) is 85.8 Å². The van der Waals surface area contributed by atoms with Crippen LogP contribution in [0.15, 0.2) is 35.3 Å². The second kappa shape index (κ2) is 9.79. The van der Waals surface area contributed by atoms with Gasteiger partial charge in [0, 0.05) is 19.6 Å². The van der Waals surface area contributed by atoms with Crippen LogP contribution in [0.4, 0.5) is 0 Å². The van der Waals surface area contributed by atoms with Crippen LogP contribution in [0.2, 0.25) is 0 Å². The Morgan fingerprint density at radius 1 is 1.15 bits per heavy atom. The van der Waals surface area contributed by atoms with Crippen LogP contribution in [0.5, 0.6) is 0 Å². The summed E-state index contributed by atoms with van der Waals surface area (Å²) in [7, 11) is 3.38. The predicted octanol–water partition coefficient (Wildman–Crippen LogP) is 1.29. The van der Waals surface area contributed by atoms with Crippen LogP contribution >= 0.6 is 0 Å². The summed E-state index contributed by atoms with van der Waals surface area (Å²) in [5.41, 5.74) is 0.770. The van der Waals surface area contributed by atoms with E-state index < -0.39 is 0 Å². The molecule has 26 heavy (non-hydrogen) atoms. The average molecular weight is 361 g/mol. The molecule has 0 aliphatic carbocycles. The maximum absolute atomic E-state index is 12.0. The van der Waals surface area contributed by atoms with Gasteiger partial charge in [0.2, 0.25) is 11.8 Å². The van der Waals surface area contributed by atoms with E-state index >= 15 is 0 Å². The molecule has 1 rings (SSSR count). The standard InChI is InChI=1S/C19H31N5O2/c1-14(15-10-8-7-9-11-15)22-18(21-13-17(26)24(5)6)20-12-16(25)23-19(2,3)4/h7-11,14H,12-13H2,1-6H3,(H,23,25)(H2,20,21,22). The van der Waals surface area contributed by atoms with Gasteiger partial charge in [-0.15, -0.1) is 0 Å². The zero-order valence-electron chi connectivity index (χ0n) is 16.6. The largest absolute Gasteiger partial charge is 0.350 e. The van der Waals surface area contributed by atoms with Crippen molar-refractivity contribution in [3.8, 4) is 0 Å². The summed E-state index contributed by atoms with van der Waals surface area (Å²) in [4.78, 5) is 29.7. The van der Waals surface area contributed by atoms with E-state index in [0.717, 1.165) is 5.56 Å². The molecule has 7 nitrogen and oxygen atoms in total. The third kappa shape index (κ3) is 8.50. The van der Waals surface area contributed by atoms with Crippen LogP contribution in [-0.4, -0.2) is 55.4 Å². The maximum Gasteiger partial charge on any atom is 0.242 e. The van der Waals surface area contributed by atoms with Gasteiger partial charge in [0.25, 0.3) is 0 Å². The molecule has 0 spiro atoms. The quantitative estimate of drug-likeness (QED) is 0.526. The van der Waals surface area contributed by atoms with Crippen LogP contribution in [0.1, 0.15) is 39.3 Å². The van der Waals surface area contributed by atoms with Crippen molar-refractivity contribution < 1.29 is 9.59 Å². The number of carbonyl (C=O) groups excluding carboxylic acids is 2. The van der Waals surface area contributed by atoms with Crippen LogP contribution in [-0.2, 0) is 9.59 Å². The van der Waals surface area contributed by atoms with E-state index in [9.17, 15) is 9.59 Å². The lowest BCUT2D eigenvalue weighted by Crippen LogP contribution is -2.45. The van der Waals surface area contributed by atoms with Crippen molar-refractivity contribution in [2.75, 3.05) is 27.2 Å². The molecule has 144 valence electrons. The minimum Gasteiger partial charge on any atom is -0.350 e. The Bertz CT molecular complexity index is 621. The second-order valence-corrected chi connectivity index (χ2v) is 7.38. The fraction of sp³-hybridized carbons (Fsp3) is 0.526. The number of hydrogen-bond acceptors (Lipinski definition) is 3. The number of benzene rings is 1. The number of nitrogens with zero attached hydrogens (tertiary/aromatic N) is 2. The third-order valence-corrected chi connectivity index (χ3v) is 3.45. The fourth-order valence-corrected chi connectivity index (χ4v) is 2.11. The summed E-state index contributed by atoms with van der Waals surface area (Å²) >= 11 is 0. The number of nitrogens with one attached hydrogen (secondary N) is 3. The normalized spacial score (nSPS) is 12.9. The van der Waals surface area contributed by atoms with Crippen molar-refractivity contribution in [3.63, 3.8) is 0 Å². The van der Waals surface area contributed by atoms with Crippen LogP contribution in [0.25, 0.3) is 0 Å². The highest BCUT2D eigenvalue weighted by atomic mass is 16.2. The van der Waals surface area contributed by atoms with Gasteiger partial charge in [-0.3, -0.25) is 9.59 Å². The van der Waals surface area contributed by atoms with Crippen LogP contribution in [0.3, 0.4) is 0 Å². The van der Waals surface area contributed by atoms with Crippen molar-refractivity contribution in [3.05, 3.63) is 35.9 Å². The number of likely N-dealkylation sites (N-methyl/N-ethyl adjacent to an activating group) is 1. The van der Waals surface area contributed by atoms with E-state index in [1.807, 2.05) is 58.0 Å². The first-order chi connectivity index (χ1) is 12.1. The summed E-state index contributed by atoms with van der Waals surface area (Å²) in [6.07, 6.45) is 0. The van der Waals surface area contributed by atoms with Crippen molar-refractivity contribution in [1.29, 1.82) is 0 Å². The van der Waals surface area contributed by atoms with Crippen molar-refractivity contribution in [2.24, 2.45) is 4.99 Å². The van der Waals surface area contributed by atoms with Gasteiger partial charge in [-0.2, -0.15) is 0 Å². The highest BCUT2D eigenvalue weighted by Gasteiger charge is 2.14. The molecule has 0 fully saturated rings. The van der Waals surface area contributed by atoms with Crippen LogP contribution in [0, 0.1) is 0 Å². The molecule has 0 aliphatic rings. The lowest BCUT2D eigenvalue weighted by atomic mass is 10.1. The molecule has 0 bridgehead atoms. The Morgan fingerprint density at radius 2 is 1.77 bits per heavy atom. The number of guanidine groups is 1. The smallest absolute Gasteiger partial charge is 0.242 e. The molecule has 0 saturated carbocycles. The molecule has 1 atom stereocenters. The highest BCUT2D eigenvalue weighted by Crippen LogP contribution is 2.10. The Balaban J connectivity index is 2.79. The van der Waals surface area contributed by atoms with Gasteiger partial charge in [-0.05, 0) is 33.3 Å². The molecule has 0 radical (unpaired) electrons. The minimum absolute atomic E-state index is 0.0235. The van der Waals surface area contributed by atoms with E-state index in [2.05, 4.69) is 20.9 Å². The number of hydrogen-bond donors (Lipinski definition) is 3. The summed E-state index contributed by atoms with van der Waals surface area (Å²) in [6, 6.07) is 9.87. The van der Waals surface area contributed by atoms with Gasteiger partial charge >= 0.3 is 0 Å². The first-order valence-electron chi connectivity index (χ1n) is 8.69. The second-order valence-electron chi connectivity index (χ2n) is 7.38. The first kappa shape index (κ1) is 21.5. The molecule has 0 heterocycles. The number of amides is 2. The molecule has 7 heteroatoms. The van der Waals surface area contributed by atoms with Gasteiger partial charge in [-0.25, -0.2) is 4.99 Å². The molecule has 0 aliphatic heterocycles. The zero-order valence-corrected chi connectivity index (χ0v) is 16.6. The molecule has 1 aromatic rings. The van der Waals surface area contributed by atoms with Crippen molar-refractivity contribution in [1.82, 2.24) is 20.9 Å². The summed E-state index contributed by atoms with van der Waals surface area (Å²) in [6.45, 7) is 7.82. The zero-order chi connectivity index (χ0) is 19.7. The summed E-state index contributed by atoms with van der Waals surface area (Å²) in [5.74, 6) is 0.163. The molecule has 1 aromatic carbocycles. The Kier molecular flexibility index (Phi) is 8.09. The molecule has 2 amide bonds. The molecular formula is C19H31N5O2. The van der Waals surface area contributed by atoms with Gasteiger partial charge in [0.15, 0.2) is 5.96 Å². The maximum atomic E-state index is 12.0. The lowest BCUT2D eigenvalue weighted by Gasteiger charge is -2.21. The Labute approximate surface area is 156 Å². The first-order valence-corrected chi connectivity index (χ1v) is 8.69. The Morgan fingerprint density at radius 3 is 2.31 bits per heavy atom. The van der Waals surface area contributed by atoms with Crippen molar-refractivity contribution >= 4 is 17.8 Å². The predicted molar refractivity (Wildman–Crippen MR) is 105 cm³/mol. The third-order valence-electron chi connectivity index (χ3n) is 3.45. The Hall–Kier alpha value is -2.57. The van der Waals surface area contributed by atoms with Gasteiger partial charge in [0.05, 0.1) is 12.6 Å². The highest BCUT2D eigenvalue weighted by molar-refractivity contribution is 5.88. The van der Waals surface area contributed by atoms with Crippen LogP contribution < -0.4 is 16.0 Å². The van der Waals surface area contributed by atoms with E-state index in [1.54, 1.807) is 14.1 Å². The number of carbonyl (C=O) groups is 2.